The van der Waals surface area contributed by atoms with E-state index in [-0.39, 0.29) is 0 Å². The van der Waals surface area contributed by atoms with Crippen molar-refractivity contribution in [2.45, 2.75) is 32.0 Å². The lowest BCUT2D eigenvalue weighted by Crippen LogP contribution is -2.34. The summed E-state index contributed by atoms with van der Waals surface area (Å²) in [6, 6.07) is 0.671. The number of rotatable bonds is 2. The maximum absolute atomic E-state index is 12.5. The molecule has 1 heterocycles. The molecule has 0 saturated carbocycles. The van der Waals surface area contributed by atoms with Gasteiger partial charge in [0, 0.05) is 12.4 Å². The summed E-state index contributed by atoms with van der Waals surface area (Å²) in [4.78, 5) is 11.6. The molecule has 0 aliphatic carbocycles. The number of nitrogens with zero attached hydrogens (tertiary/aromatic N) is 1. The van der Waals surface area contributed by atoms with Crippen molar-refractivity contribution < 1.29 is 13.2 Å². The van der Waals surface area contributed by atoms with Crippen molar-refractivity contribution in [1.29, 1.82) is 0 Å². The van der Waals surface area contributed by atoms with E-state index < -0.39 is 30.4 Å². The van der Waals surface area contributed by atoms with Crippen LogP contribution >= 0.6 is 11.6 Å². The zero-order valence-electron chi connectivity index (χ0n) is 9.73. The topological polar surface area (TPSA) is 22.0 Å². The first-order valence-corrected chi connectivity index (χ1v) is 9.06. The average molecular weight is 284 g/mol. The van der Waals surface area contributed by atoms with Crippen LogP contribution in [0.25, 0.3) is 0 Å². The molecule has 0 aliphatic rings. The molecule has 0 aliphatic heterocycles. The molecule has 1 aromatic rings. The third-order valence-electron chi connectivity index (χ3n) is 2.01. The maximum Gasteiger partial charge on any atom is 0.417 e. The van der Waals surface area contributed by atoms with Gasteiger partial charge in [-0.15, -0.1) is 0 Å². The van der Waals surface area contributed by atoms with Crippen LogP contribution in [-0.4, -0.2) is 12.6 Å². The molecule has 0 aromatic carbocycles. The van der Waals surface area contributed by atoms with E-state index >= 15 is 0 Å². The van der Waals surface area contributed by atoms with Crippen molar-refractivity contribution in [3.05, 3.63) is 33.2 Å². The highest BCUT2D eigenvalue weighted by atomic mass is 35.5. The van der Waals surface area contributed by atoms with Crippen molar-refractivity contribution in [3.8, 4) is 0 Å². The minimum atomic E-state index is -4.49. The fourth-order valence-corrected chi connectivity index (χ4v) is 2.87. The molecule has 1 aromatic heterocycles. The molecule has 0 bridgehead atoms. The molecule has 0 spiro atoms. The van der Waals surface area contributed by atoms with Gasteiger partial charge in [0.2, 0.25) is 0 Å². The van der Waals surface area contributed by atoms with Crippen LogP contribution in [-0.2, 0) is 12.3 Å². The van der Waals surface area contributed by atoms with Crippen molar-refractivity contribution in [3.63, 3.8) is 0 Å². The second-order valence-corrected chi connectivity index (χ2v) is 10.9. The number of hydrogen-bond donors (Lipinski definition) is 0. The summed E-state index contributed by atoms with van der Waals surface area (Å²) in [5.41, 5.74) is -1.46. The summed E-state index contributed by atoms with van der Waals surface area (Å²) in [6.45, 7) is 5.90. The monoisotopic (exact) mass is 283 g/mol. The van der Waals surface area contributed by atoms with Gasteiger partial charge in [-0.3, -0.25) is 4.79 Å². The first-order chi connectivity index (χ1) is 7.50. The van der Waals surface area contributed by atoms with Crippen LogP contribution < -0.4 is 5.56 Å². The Labute approximate surface area is 103 Å². The van der Waals surface area contributed by atoms with Gasteiger partial charge in [-0.05, 0) is 6.07 Å². The Morgan fingerprint density at radius 3 is 2.29 bits per heavy atom. The van der Waals surface area contributed by atoms with Crippen molar-refractivity contribution >= 4 is 19.7 Å². The first kappa shape index (κ1) is 14.3. The van der Waals surface area contributed by atoms with Gasteiger partial charge < -0.3 is 4.57 Å². The predicted molar refractivity (Wildman–Crippen MR) is 64.1 cm³/mol. The standard InChI is InChI=1S/C10H13ClF3NOSi/c1-17(2,3)6-15-5-7(10(12,13)14)4-8(11)9(15)16/h4-5H,6H2,1-3H3. The molecule has 0 N–H and O–H groups in total. The van der Waals surface area contributed by atoms with Crippen LogP contribution in [0.3, 0.4) is 0 Å². The zero-order chi connectivity index (χ0) is 13.4. The summed E-state index contributed by atoms with van der Waals surface area (Å²) in [7, 11) is -1.70. The molecule has 0 unspecified atom stereocenters. The minimum absolute atomic E-state index is 0.315. The second kappa shape index (κ2) is 4.49. The van der Waals surface area contributed by atoms with Gasteiger partial charge in [-0.2, -0.15) is 13.2 Å². The number of pyridine rings is 1. The first-order valence-electron chi connectivity index (χ1n) is 4.98. The molecule has 0 atom stereocenters. The second-order valence-electron chi connectivity index (χ2n) is 5.07. The van der Waals surface area contributed by atoms with Gasteiger partial charge in [0.05, 0.1) is 13.6 Å². The maximum atomic E-state index is 12.5. The average Bonchev–Trinajstić information content (AvgIpc) is 2.08. The van der Waals surface area contributed by atoms with Crippen LogP contribution in [0.5, 0.6) is 0 Å². The van der Waals surface area contributed by atoms with E-state index in [4.69, 9.17) is 11.6 Å². The third-order valence-corrected chi connectivity index (χ3v) is 3.57. The van der Waals surface area contributed by atoms with Gasteiger partial charge in [0.25, 0.3) is 5.56 Å². The molecule has 2 nitrogen and oxygen atoms in total. The Hall–Kier alpha value is -0.753. The van der Waals surface area contributed by atoms with E-state index in [1.165, 1.54) is 0 Å². The van der Waals surface area contributed by atoms with Crippen molar-refractivity contribution in [1.82, 2.24) is 4.57 Å². The lowest BCUT2D eigenvalue weighted by molar-refractivity contribution is -0.138. The fraction of sp³-hybridized carbons (Fsp3) is 0.500. The lowest BCUT2D eigenvalue weighted by atomic mass is 10.3. The SMILES string of the molecule is C[Si](C)(C)Cn1cc(C(F)(F)F)cc(Cl)c1=O. The smallest absolute Gasteiger partial charge is 0.317 e. The van der Waals surface area contributed by atoms with Crippen LogP contribution in [0.1, 0.15) is 5.56 Å². The Kier molecular flexibility index (Phi) is 3.78. The number of hydrogen-bond acceptors (Lipinski definition) is 1. The highest BCUT2D eigenvalue weighted by molar-refractivity contribution is 6.74. The normalized spacial score (nSPS) is 12.9. The van der Waals surface area contributed by atoms with E-state index in [1.807, 2.05) is 19.6 Å². The van der Waals surface area contributed by atoms with E-state index in [2.05, 4.69) is 0 Å². The van der Waals surface area contributed by atoms with Gasteiger partial charge in [0.15, 0.2) is 0 Å². The summed E-state index contributed by atoms with van der Waals surface area (Å²) in [5, 5.41) is -0.391. The molecule has 0 fully saturated rings. The molecule has 17 heavy (non-hydrogen) atoms. The highest BCUT2D eigenvalue weighted by Crippen LogP contribution is 2.29. The van der Waals surface area contributed by atoms with Crippen molar-refractivity contribution in [2.75, 3.05) is 0 Å². The lowest BCUT2D eigenvalue weighted by Gasteiger charge is -2.19. The summed E-state index contributed by atoms with van der Waals surface area (Å²) in [6.07, 6.45) is -3.33. The fourth-order valence-electron chi connectivity index (χ4n) is 1.38. The quantitative estimate of drug-likeness (QED) is 0.763. The predicted octanol–water partition coefficient (Wildman–Crippen LogP) is 3.40. The van der Waals surface area contributed by atoms with Crippen LogP contribution in [0.4, 0.5) is 13.2 Å². The highest BCUT2D eigenvalue weighted by Gasteiger charge is 2.32. The van der Waals surface area contributed by atoms with Gasteiger partial charge in [0.1, 0.15) is 5.02 Å². The van der Waals surface area contributed by atoms with E-state index in [0.29, 0.717) is 12.2 Å². The minimum Gasteiger partial charge on any atom is -0.317 e. The molecule has 0 radical (unpaired) electrons. The molecular formula is C10H13ClF3NOSi. The Balaban J connectivity index is 3.31. The Bertz CT molecular complexity index is 476. The van der Waals surface area contributed by atoms with E-state index in [1.54, 1.807) is 0 Å². The van der Waals surface area contributed by atoms with Crippen LogP contribution in [0, 0.1) is 0 Å². The third kappa shape index (κ3) is 3.88. The Morgan fingerprint density at radius 2 is 1.88 bits per heavy atom. The van der Waals surface area contributed by atoms with Gasteiger partial charge in [-0.1, -0.05) is 31.2 Å². The van der Waals surface area contributed by atoms with Crippen LogP contribution in [0.15, 0.2) is 17.1 Å². The zero-order valence-corrected chi connectivity index (χ0v) is 11.5. The summed E-state index contributed by atoms with van der Waals surface area (Å²) >= 11 is 5.54. The molecule has 0 saturated heterocycles. The van der Waals surface area contributed by atoms with E-state index in [9.17, 15) is 18.0 Å². The molecule has 7 heteroatoms. The van der Waals surface area contributed by atoms with Gasteiger partial charge in [-0.25, -0.2) is 0 Å². The van der Waals surface area contributed by atoms with Crippen molar-refractivity contribution in [2.24, 2.45) is 0 Å². The summed E-state index contributed by atoms with van der Waals surface area (Å²) < 4.78 is 38.7. The number of halogens is 4. The molecule has 0 amide bonds. The Morgan fingerprint density at radius 1 is 1.35 bits per heavy atom. The van der Waals surface area contributed by atoms with Gasteiger partial charge >= 0.3 is 6.18 Å². The van der Waals surface area contributed by atoms with E-state index in [0.717, 1.165) is 10.8 Å². The largest absolute Gasteiger partial charge is 0.417 e. The molecule has 96 valence electrons. The summed E-state index contributed by atoms with van der Waals surface area (Å²) in [5.74, 6) is 0. The number of alkyl halides is 3. The molecular weight excluding hydrogens is 271 g/mol. The van der Waals surface area contributed by atoms with Crippen LogP contribution in [0.2, 0.25) is 24.7 Å². The molecule has 1 rings (SSSR count). The number of aromatic nitrogens is 1.